The van der Waals surface area contributed by atoms with Gasteiger partial charge in [0.1, 0.15) is 11.8 Å². The van der Waals surface area contributed by atoms with Crippen LogP contribution in [0.15, 0.2) is 45.5 Å². The van der Waals surface area contributed by atoms with E-state index < -0.39 is 0 Å². The number of carbonyl (C=O) groups is 1. The van der Waals surface area contributed by atoms with E-state index in [2.05, 4.69) is 10.1 Å². The minimum Gasteiger partial charge on any atom is -0.443 e. The van der Waals surface area contributed by atoms with Gasteiger partial charge in [-0.1, -0.05) is 42.7 Å². The first-order valence-corrected chi connectivity index (χ1v) is 9.85. The van der Waals surface area contributed by atoms with Gasteiger partial charge >= 0.3 is 0 Å². The van der Waals surface area contributed by atoms with Crippen molar-refractivity contribution in [3.05, 3.63) is 70.2 Å². The van der Waals surface area contributed by atoms with Gasteiger partial charge in [-0.05, 0) is 36.5 Å². The number of oxazole rings is 1. The average Bonchev–Trinajstić information content (AvgIpc) is 3.43. The van der Waals surface area contributed by atoms with E-state index in [1.165, 1.54) is 0 Å². The molecule has 1 amide bonds. The van der Waals surface area contributed by atoms with E-state index in [4.69, 9.17) is 20.5 Å². The zero-order chi connectivity index (χ0) is 19.7. The van der Waals surface area contributed by atoms with Crippen LogP contribution in [0.25, 0.3) is 0 Å². The normalized spacial score (nSPS) is 16.9. The molecule has 6 nitrogen and oxygen atoms in total. The zero-order valence-corrected chi connectivity index (χ0v) is 16.6. The second kappa shape index (κ2) is 7.80. The van der Waals surface area contributed by atoms with Crippen LogP contribution in [0.3, 0.4) is 0 Å². The Bertz CT molecular complexity index is 961. The molecule has 1 aromatic carbocycles. The Kier molecular flexibility index (Phi) is 5.22. The summed E-state index contributed by atoms with van der Waals surface area (Å²) in [6, 6.07) is 9.18. The fourth-order valence-electron chi connectivity index (χ4n) is 3.43. The lowest BCUT2D eigenvalue weighted by Crippen LogP contribution is -2.30. The number of benzene rings is 1. The van der Waals surface area contributed by atoms with Gasteiger partial charge in [0, 0.05) is 24.1 Å². The Labute approximate surface area is 168 Å². The van der Waals surface area contributed by atoms with E-state index in [0.29, 0.717) is 23.9 Å². The maximum Gasteiger partial charge on any atom is 0.293 e. The molecule has 0 N–H and O–H groups in total. The second-order valence-corrected chi connectivity index (χ2v) is 7.83. The topological polar surface area (TPSA) is 72.4 Å². The number of halogens is 1. The summed E-state index contributed by atoms with van der Waals surface area (Å²) in [5.41, 5.74) is 1.87. The molecule has 1 atom stereocenters. The van der Waals surface area contributed by atoms with E-state index in [-0.39, 0.29) is 23.6 Å². The van der Waals surface area contributed by atoms with E-state index in [0.717, 1.165) is 29.9 Å². The molecule has 2 aromatic heterocycles. The van der Waals surface area contributed by atoms with Gasteiger partial charge in [0.05, 0.1) is 11.9 Å². The molecule has 3 heterocycles. The summed E-state index contributed by atoms with van der Waals surface area (Å²) in [5, 5.41) is 4.70. The van der Waals surface area contributed by atoms with Crippen LogP contribution >= 0.6 is 11.6 Å². The molecule has 1 aliphatic rings. The highest BCUT2D eigenvalue weighted by Crippen LogP contribution is 2.33. The lowest BCUT2D eigenvalue weighted by Gasteiger charge is -2.20. The van der Waals surface area contributed by atoms with Crippen LogP contribution in [0.2, 0.25) is 5.02 Å². The average molecular weight is 400 g/mol. The number of nitrogens with zero attached hydrogens (tertiary/aromatic N) is 3. The third-order valence-electron chi connectivity index (χ3n) is 4.99. The number of hydrogen-bond acceptors (Lipinski definition) is 5. The first-order chi connectivity index (χ1) is 13.5. The molecule has 0 aliphatic carbocycles. The van der Waals surface area contributed by atoms with Crippen LogP contribution in [0.5, 0.6) is 0 Å². The fourth-order valence-corrected chi connectivity index (χ4v) is 3.56. The minimum atomic E-state index is -0.181. The number of rotatable bonds is 5. The van der Waals surface area contributed by atoms with E-state index >= 15 is 0 Å². The maximum absolute atomic E-state index is 12.9. The predicted octanol–water partition coefficient (Wildman–Crippen LogP) is 5.01. The van der Waals surface area contributed by atoms with Crippen molar-refractivity contribution in [2.45, 2.75) is 45.1 Å². The van der Waals surface area contributed by atoms with Gasteiger partial charge in [0.15, 0.2) is 0 Å². The smallest absolute Gasteiger partial charge is 0.293 e. The summed E-state index contributed by atoms with van der Waals surface area (Å²) in [7, 11) is 0. The summed E-state index contributed by atoms with van der Waals surface area (Å²) in [6.07, 6.45) is 4.08. The third kappa shape index (κ3) is 3.83. The quantitative estimate of drug-likeness (QED) is 0.603. The summed E-state index contributed by atoms with van der Waals surface area (Å²) >= 11 is 5.93. The molecule has 0 bridgehead atoms. The highest BCUT2D eigenvalue weighted by atomic mass is 35.5. The SMILES string of the molecule is CC(C)c1cc(C(=O)N2CCC[C@H]2c2ncc(Cc3ccc(Cl)cc3)o2)on1. The lowest BCUT2D eigenvalue weighted by molar-refractivity contribution is 0.0672. The van der Waals surface area contributed by atoms with Crippen molar-refractivity contribution >= 4 is 17.5 Å². The van der Waals surface area contributed by atoms with Crippen LogP contribution in [-0.2, 0) is 6.42 Å². The highest BCUT2D eigenvalue weighted by Gasteiger charge is 2.35. The Balaban J connectivity index is 1.49. The molecule has 146 valence electrons. The molecule has 4 rings (SSSR count). The van der Waals surface area contributed by atoms with E-state index in [1.807, 2.05) is 38.1 Å². The van der Waals surface area contributed by atoms with Crippen LogP contribution in [0.1, 0.15) is 72.1 Å². The molecular weight excluding hydrogens is 378 g/mol. The second-order valence-electron chi connectivity index (χ2n) is 7.40. The van der Waals surface area contributed by atoms with Crippen molar-refractivity contribution in [2.24, 2.45) is 0 Å². The summed E-state index contributed by atoms with van der Waals surface area (Å²) in [5.74, 6) is 1.64. The first-order valence-electron chi connectivity index (χ1n) is 9.48. The predicted molar refractivity (Wildman–Crippen MR) is 104 cm³/mol. The molecule has 0 unspecified atom stereocenters. The number of aromatic nitrogens is 2. The number of hydrogen-bond donors (Lipinski definition) is 0. The third-order valence-corrected chi connectivity index (χ3v) is 5.24. The van der Waals surface area contributed by atoms with Gasteiger partial charge in [0.25, 0.3) is 5.91 Å². The number of carbonyl (C=O) groups excluding carboxylic acids is 1. The Hall–Kier alpha value is -2.60. The molecule has 1 aliphatic heterocycles. The van der Waals surface area contributed by atoms with E-state index in [9.17, 15) is 4.79 Å². The Morgan fingerprint density at radius 2 is 2.11 bits per heavy atom. The van der Waals surface area contributed by atoms with Crippen molar-refractivity contribution < 1.29 is 13.7 Å². The maximum atomic E-state index is 12.9. The van der Waals surface area contributed by atoms with Crippen LogP contribution in [-0.4, -0.2) is 27.5 Å². The number of amides is 1. The molecule has 0 radical (unpaired) electrons. The molecule has 1 fully saturated rings. The van der Waals surface area contributed by atoms with Gasteiger partial charge in [-0.25, -0.2) is 4.98 Å². The van der Waals surface area contributed by atoms with Crippen molar-refractivity contribution in [1.82, 2.24) is 15.0 Å². The van der Waals surface area contributed by atoms with Crippen LogP contribution in [0.4, 0.5) is 0 Å². The first kappa shape index (κ1) is 18.7. The fraction of sp³-hybridized carbons (Fsp3) is 0.381. The molecular formula is C21H22ClN3O3. The Morgan fingerprint density at radius 3 is 2.82 bits per heavy atom. The monoisotopic (exact) mass is 399 g/mol. The van der Waals surface area contributed by atoms with Crippen molar-refractivity contribution in [3.63, 3.8) is 0 Å². The summed E-state index contributed by atoms with van der Waals surface area (Å²) < 4.78 is 11.3. The molecule has 1 saturated heterocycles. The van der Waals surface area contributed by atoms with E-state index in [1.54, 1.807) is 17.2 Å². The van der Waals surface area contributed by atoms with Crippen molar-refractivity contribution in [1.29, 1.82) is 0 Å². The summed E-state index contributed by atoms with van der Waals surface area (Å²) in [4.78, 5) is 19.1. The molecule has 3 aromatic rings. The minimum absolute atomic E-state index is 0.167. The van der Waals surface area contributed by atoms with Crippen molar-refractivity contribution in [2.75, 3.05) is 6.54 Å². The van der Waals surface area contributed by atoms with Crippen LogP contribution in [0, 0.1) is 0 Å². The van der Waals surface area contributed by atoms with Crippen LogP contribution < -0.4 is 0 Å². The highest BCUT2D eigenvalue weighted by molar-refractivity contribution is 6.30. The molecule has 7 heteroatoms. The van der Waals surface area contributed by atoms with Gasteiger partial charge in [-0.2, -0.15) is 0 Å². The summed E-state index contributed by atoms with van der Waals surface area (Å²) in [6.45, 7) is 4.68. The standard InChI is InChI=1S/C21H22ClN3O3/c1-13(2)17-11-19(28-24-17)21(26)25-9-3-4-18(25)20-23-12-16(27-20)10-14-5-7-15(22)8-6-14/h5-8,11-13,18H,3-4,9-10H2,1-2H3/t18-/m0/s1. The van der Waals surface area contributed by atoms with Crippen molar-refractivity contribution in [3.8, 4) is 0 Å². The Morgan fingerprint density at radius 1 is 1.32 bits per heavy atom. The molecule has 0 spiro atoms. The lowest BCUT2D eigenvalue weighted by atomic mass is 10.1. The van der Waals surface area contributed by atoms with Gasteiger partial charge < -0.3 is 13.8 Å². The van der Waals surface area contributed by atoms with Gasteiger partial charge in [0.2, 0.25) is 11.7 Å². The molecule has 0 saturated carbocycles. The molecule has 28 heavy (non-hydrogen) atoms. The van der Waals surface area contributed by atoms with Gasteiger partial charge in [-0.15, -0.1) is 0 Å². The largest absolute Gasteiger partial charge is 0.443 e. The zero-order valence-electron chi connectivity index (χ0n) is 15.9. The number of likely N-dealkylation sites (tertiary alicyclic amines) is 1. The van der Waals surface area contributed by atoms with Gasteiger partial charge in [-0.3, -0.25) is 4.79 Å².